The van der Waals surface area contributed by atoms with Crippen molar-refractivity contribution < 1.29 is 14.3 Å². The van der Waals surface area contributed by atoms with Gasteiger partial charge in [0.2, 0.25) is 0 Å². The van der Waals surface area contributed by atoms with Crippen LogP contribution in [0.4, 0.5) is 4.39 Å². The van der Waals surface area contributed by atoms with Crippen LogP contribution >= 0.6 is 22.9 Å². The predicted molar refractivity (Wildman–Crippen MR) is 135 cm³/mol. The van der Waals surface area contributed by atoms with Crippen molar-refractivity contribution in [2.45, 2.75) is 37.5 Å². The maximum atomic E-state index is 15.0. The second-order valence-corrected chi connectivity index (χ2v) is 10.3. The zero-order valence-electron chi connectivity index (χ0n) is 19.2. The molecule has 0 spiro atoms. The van der Waals surface area contributed by atoms with Gasteiger partial charge in [0.25, 0.3) is 5.91 Å². The highest BCUT2D eigenvalue weighted by Crippen LogP contribution is 2.37. The highest BCUT2D eigenvalue weighted by molar-refractivity contribution is 7.17. The Kier molecular flexibility index (Phi) is 6.14. The lowest BCUT2D eigenvalue weighted by atomic mass is 9.87. The predicted octanol–water partition coefficient (Wildman–Crippen LogP) is 3.81. The highest BCUT2D eigenvalue weighted by atomic mass is 35.5. The summed E-state index contributed by atoms with van der Waals surface area (Å²) < 4.78 is 17.2. The normalized spacial score (nSPS) is 19.8. The summed E-state index contributed by atoms with van der Waals surface area (Å²) in [5, 5.41) is 22.9. The van der Waals surface area contributed by atoms with Crippen LogP contribution in [0.3, 0.4) is 0 Å². The van der Waals surface area contributed by atoms with Crippen LogP contribution in [-0.4, -0.2) is 57.7 Å². The van der Waals surface area contributed by atoms with Gasteiger partial charge in [0, 0.05) is 6.07 Å². The molecule has 1 aliphatic rings. The topological polar surface area (TPSA) is 124 Å². The average molecular weight is 539 g/mol. The van der Waals surface area contributed by atoms with Gasteiger partial charge in [-0.1, -0.05) is 35.1 Å². The number of aliphatic hydroxyl groups is 1. The standard InChI is InChI=1S/C24H20ClFN8O2S/c25-19-12-28-24(37-19)23(36)32-15-6-3-7-17(21(15)35)33-18-10-20(34-29-8-9-30-34)27-11-16(18)31-22(33)13-4-1-2-5-14(13)26/h1-2,4-5,8-12,15,17,21,35H,3,6-7H2,(H,32,36)/t15-,17+,21+/m1/s1. The van der Waals surface area contributed by atoms with E-state index in [0.717, 1.165) is 17.8 Å². The Morgan fingerprint density at radius 3 is 2.73 bits per heavy atom. The van der Waals surface area contributed by atoms with E-state index in [4.69, 9.17) is 16.6 Å². The molecule has 10 nitrogen and oxygen atoms in total. The molecule has 0 unspecified atom stereocenters. The van der Waals surface area contributed by atoms with Gasteiger partial charge >= 0.3 is 0 Å². The first-order valence-electron chi connectivity index (χ1n) is 11.6. The molecule has 4 heterocycles. The smallest absolute Gasteiger partial charge is 0.280 e. The second-order valence-electron chi connectivity index (χ2n) is 8.67. The molecule has 3 atom stereocenters. The molecule has 0 saturated heterocycles. The van der Waals surface area contributed by atoms with Crippen LogP contribution in [0.1, 0.15) is 35.1 Å². The average Bonchev–Trinajstić information content (AvgIpc) is 3.65. The number of rotatable bonds is 5. The van der Waals surface area contributed by atoms with Gasteiger partial charge in [0.05, 0.1) is 54.1 Å². The van der Waals surface area contributed by atoms with Crippen LogP contribution in [0.2, 0.25) is 4.34 Å². The van der Waals surface area contributed by atoms with Crippen molar-refractivity contribution in [3.63, 3.8) is 0 Å². The first-order chi connectivity index (χ1) is 18.0. The molecule has 2 N–H and O–H groups in total. The fourth-order valence-corrected chi connectivity index (χ4v) is 5.60. The summed E-state index contributed by atoms with van der Waals surface area (Å²) in [6.07, 6.45) is 7.00. The molecular formula is C24H20ClFN8O2S. The van der Waals surface area contributed by atoms with Gasteiger partial charge < -0.3 is 15.0 Å². The third kappa shape index (κ3) is 4.37. The van der Waals surface area contributed by atoms with Crippen LogP contribution in [0.15, 0.2) is 55.1 Å². The molecule has 188 valence electrons. The lowest BCUT2D eigenvalue weighted by molar-refractivity contribution is 0.0417. The van der Waals surface area contributed by atoms with Crippen molar-refractivity contribution in [2.24, 2.45) is 0 Å². The monoisotopic (exact) mass is 538 g/mol. The second kappa shape index (κ2) is 9.61. The summed E-state index contributed by atoms with van der Waals surface area (Å²) in [4.78, 5) is 27.3. The van der Waals surface area contributed by atoms with E-state index in [2.05, 4.69) is 25.5 Å². The van der Waals surface area contributed by atoms with Gasteiger partial charge in [-0.3, -0.25) is 4.79 Å². The molecule has 6 rings (SSSR count). The fraction of sp³-hybridized carbons (Fsp3) is 0.250. The molecule has 13 heteroatoms. The number of thiazole rings is 1. The van der Waals surface area contributed by atoms with Crippen LogP contribution in [0, 0.1) is 5.82 Å². The highest BCUT2D eigenvalue weighted by Gasteiger charge is 2.37. The molecule has 1 amide bonds. The van der Waals surface area contributed by atoms with Gasteiger partial charge in [-0.05, 0) is 31.4 Å². The maximum Gasteiger partial charge on any atom is 0.280 e. The van der Waals surface area contributed by atoms with Crippen molar-refractivity contribution in [1.29, 1.82) is 0 Å². The van der Waals surface area contributed by atoms with E-state index in [9.17, 15) is 14.3 Å². The third-order valence-corrected chi connectivity index (χ3v) is 7.55. The summed E-state index contributed by atoms with van der Waals surface area (Å²) in [6, 6.07) is 7.08. The number of aliphatic hydroxyl groups excluding tert-OH is 1. The first-order valence-corrected chi connectivity index (χ1v) is 12.8. The van der Waals surface area contributed by atoms with Crippen LogP contribution < -0.4 is 5.32 Å². The number of hydrogen-bond donors (Lipinski definition) is 2. The van der Waals surface area contributed by atoms with E-state index in [1.54, 1.807) is 42.9 Å². The molecule has 1 fully saturated rings. The van der Waals surface area contributed by atoms with Crippen molar-refractivity contribution in [3.05, 3.63) is 70.3 Å². The van der Waals surface area contributed by atoms with E-state index >= 15 is 0 Å². The summed E-state index contributed by atoms with van der Waals surface area (Å²) >= 11 is 7.00. The molecule has 4 aromatic heterocycles. The zero-order valence-corrected chi connectivity index (χ0v) is 20.8. The van der Waals surface area contributed by atoms with Crippen molar-refractivity contribution >= 4 is 39.9 Å². The number of halogens is 2. The van der Waals surface area contributed by atoms with Gasteiger partial charge in [0.15, 0.2) is 10.8 Å². The van der Waals surface area contributed by atoms with E-state index in [1.165, 1.54) is 17.1 Å². The van der Waals surface area contributed by atoms with Crippen LogP contribution in [-0.2, 0) is 0 Å². The van der Waals surface area contributed by atoms with E-state index < -0.39 is 29.9 Å². The minimum Gasteiger partial charge on any atom is -0.389 e. The largest absolute Gasteiger partial charge is 0.389 e. The van der Waals surface area contributed by atoms with E-state index in [0.29, 0.717) is 45.4 Å². The molecule has 1 aliphatic carbocycles. The molecule has 0 bridgehead atoms. The Morgan fingerprint density at radius 2 is 1.97 bits per heavy atom. The Labute approximate surface area is 218 Å². The van der Waals surface area contributed by atoms with Gasteiger partial charge in [-0.15, -0.1) is 4.80 Å². The van der Waals surface area contributed by atoms with Gasteiger partial charge in [-0.2, -0.15) is 10.2 Å². The number of fused-ring (bicyclic) bond motifs is 1. The Bertz CT molecular complexity index is 1590. The quantitative estimate of drug-likeness (QED) is 0.348. The van der Waals surface area contributed by atoms with Crippen molar-refractivity contribution in [2.75, 3.05) is 0 Å². The minimum absolute atomic E-state index is 0.224. The summed E-state index contributed by atoms with van der Waals surface area (Å²) in [7, 11) is 0. The Morgan fingerprint density at radius 1 is 1.16 bits per heavy atom. The summed E-state index contributed by atoms with van der Waals surface area (Å²) in [5.41, 5.74) is 1.47. The van der Waals surface area contributed by atoms with Crippen molar-refractivity contribution in [1.82, 2.24) is 39.8 Å². The summed E-state index contributed by atoms with van der Waals surface area (Å²) in [5.74, 6) is -0.0165. The molecule has 1 saturated carbocycles. The summed E-state index contributed by atoms with van der Waals surface area (Å²) in [6.45, 7) is 0. The van der Waals surface area contributed by atoms with Crippen LogP contribution in [0.25, 0.3) is 28.2 Å². The number of aromatic nitrogens is 7. The number of carbonyl (C=O) groups is 1. The molecule has 5 aromatic rings. The lowest BCUT2D eigenvalue weighted by Gasteiger charge is -2.36. The number of benzene rings is 1. The third-order valence-electron chi connectivity index (χ3n) is 6.44. The van der Waals surface area contributed by atoms with E-state index in [1.807, 2.05) is 4.57 Å². The maximum absolute atomic E-state index is 15.0. The molecule has 0 aliphatic heterocycles. The van der Waals surface area contributed by atoms with E-state index in [-0.39, 0.29) is 5.01 Å². The van der Waals surface area contributed by atoms with Crippen molar-refractivity contribution in [3.8, 4) is 17.2 Å². The molecule has 0 radical (unpaired) electrons. The number of nitrogens with zero attached hydrogens (tertiary/aromatic N) is 7. The molecule has 37 heavy (non-hydrogen) atoms. The van der Waals surface area contributed by atoms with Crippen LogP contribution in [0.5, 0.6) is 0 Å². The Hall–Kier alpha value is -3.74. The SMILES string of the molecule is O=C(N[C@@H]1CCC[C@H](n2c(-c3ccccc3F)nc3cnc(-n4nccn4)cc32)[C@H]1O)c1ncc(Cl)s1. The van der Waals surface area contributed by atoms with Gasteiger partial charge in [0.1, 0.15) is 21.5 Å². The lowest BCUT2D eigenvalue weighted by Crippen LogP contribution is -2.49. The minimum atomic E-state index is -0.976. The first kappa shape index (κ1) is 23.6. The number of amides is 1. The fourth-order valence-electron chi connectivity index (χ4n) is 4.79. The number of carbonyl (C=O) groups excluding carboxylic acids is 1. The van der Waals surface area contributed by atoms with Gasteiger partial charge in [-0.25, -0.2) is 19.3 Å². The number of hydrogen-bond acceptors (Lipinski definition) is 8. The molecular weight excluding hydrogens is 519 g/mol. The Balaban J connectivity index is 1.44. The number of pyridine rings is 1. The number of imidazole rings is 1. The molecule has 1 aromatic carbocycles. The zero-order chi connectivity index (χ0) is 25.5. The number of nitrogens with one attached hydrogen (secondary N) is 1.